The summed E-state index contributed by atoms with van der Waals surface area (Å²) < 4.78 is 10.9. The molecular formula is C12H13NO2. The van der Waals surface area contributed by atoms with E-state index < -0.39 is 0 Å². The Morgan fingerprint density at radius 1 is 1.47 bits per heavy atom. The van der Waals surface area contributed by atoms with Gasteiger partial charge in [0, 0.05) is 12.7 Å². The maximum Gasteiger partial charge on any atom is 0.208 e. The van der Waals surface area contributed by atoms with Crippen LogP contribution in [0.25, 0.3) is 0 Å². The van der Waals surface area contributed by atoms with Gasteiger partial charge in [-0.2, -0.15) is 5.26 Å². The van der Waals surface area contributed by atoms with Crippen LogP contribution in [-0.2, 0) is 10.2 Å². The number of hydrogen-bond acceptors (Lipinski definition) is 3. The highest BCUT2D eigenvalue weighted by atomic mass is 16.7. The number of fused-ring (bicyclic) bond motifs is 1. The van der Waals surface area contributed by atoms with Crippen LogP contribution in [0.5, 0.6) is 5.75 Å². The minimum absolute atomic E-state index is 0.211. The second-order valence-corrected chi connectivity index (χ2v) is 4.23. The summed E-state index contributed by atoms with van der Waals surface area (Å²) in [6, 6.07) is 7.59. The fraction of sp³-hybridized carbons (Fsp3) is 0.417. The molecule has 2 rings (SSSR count). The Morgan fingerprint density at radius 3 is 2.80 bits per heavy atom. The molecule has 1 aromatic carbocycles. The van der Waals surface area contributed by atoms with Crippen molar-refractivity contribution in [3.63, 3.8) is 0 Å². The van der Waals surface area contributed by atoms with Crippen molar-refractivity contribution in [3.05, 3.63) is 29.3 Å². The van der Waals surface area contributed by atoms with Crippen molar-refractivity contribution in [2.24, 2.45) is 0 Å². The molecule has 0 N–H and O–H groups in total. The molecule has 0 saturated carbocycles. The number of methoxy groups -OCH3 is 1. The normalized spacial score (nSPS) is 21.6. The van der Waals surface area contributed by atoms with Crippen molar-refractivity contribution in [2.45, 2.75) is 25.6 Å². The van der Waals surface area contributed by atoms with Gasteiger partial charge in [-0.3, -0.25) is 0 Å². The molecule has 0 aliphatic carbocycles. The van der Waals surface area contributed by atoms with E-state index >= 15 is 0 Å². The van der Waals surface area contributed by atoms with E-state index in [4.69, 9.17) is 14.7 Å². The lowest BCUT2D eigenvalue weighted by atomic mass is 9.85. The van der Waals surface area contributed by atoms with E-state index in [-0.39, 0.29) is 11.7 Å². The number of nitrogens with zero attached hydrogens (tertiary/aromatic N) is 1. The monoisotopic (exact) mass is 203 g/mol. The van der Waals surface area contributed by atoms with Crippen LogP contribution >= 0.6 is 0 Å². The molecule has 0 spiro atoms. The second kappa shape index (κ2) is 3.25. The Labute approximate surface area is 89.2 Å². The lowest BCUT2D eigenvalue weighted by Crippen LogP contribution is -2.33. The molecule has 0 fully saturated rings. The highest BCUT2D eigenvalue weighted by molar-refractivity contribution is 5.48. The molecule has 0 radical (unpaired) electrons. The zero-order chi connectivity index (χ0) is 11.1. The van der Waals surface area contributed by atoms with Crippen LogP contribution in [0.1, 0.15) is 25.0 Å². The maximum atomic E-state index is 8.84. The van der Waals surface area contributed by atoms with Crippen LogP contribution in [0.2, 0.25) is 0 Å². The summed E-state index contributed by atoms with van der Waals surface area (Å²) in [5.74, 6) is 0.811. The van der Waals surface area contributed by atoms with E-state index in [0.717, 1.165) is 11.3 Å². The first-order chi connectivity index (χ1) is 7.09. The van der Waals surface area contributed by atoms with Crippen molar-refractivity contribution < 1.29 is 9.47 Å². The van der Waals surface area contributed by atoms with Gasteiger partial charge in [-0.1, -0.05) is 0 Å². The van der Waals surface area contributed by atoms with Gasteiger partial charge in [-0.15, -0.1) is 0 Å². The third kappa shape index (κ3) is 1.38. The molecule has 0 amide bonds. The predicted molar refractivity (Wildman–Crippen MR) is 55.6 cm³/mol. The first-order valence-corrected chi connectivity index (χ1v) is 4.83. The third-order valence-corrected chi connectivity index (χ3v) is 2.84. The van der Waals surface area contributed by atoms with Gasteiger partial charge in [0.2, 0.25) is 6.29 Å². The van der Waals surface area contributed by atoms with E-state index in [9.17, 15) is 0 Å². The van der Waals surface area contributed by atoms with Crippen LogP contribution in [0.15, 0.2) is 18.2 Å². The van der Waals surface area contributed by atoms with E-state index in [1.165, 1.54) is 0 Å². The summed E-state index contributed by atoms with van der Waals surface area (Å²) in [7, 11) is 1.63. The summed E-state index contributed by atoms with van der Waals surface area (Å²) in [6.45, 7) is 4.10. The van der Waals surface area contributed by atoms with Gasteiger partial charge in [-0.25, -0.2) is 0 Å². The standard InChI is InChI=1S/C12H13NO2/c1-12(2)9-6-8(7-13)4-5-10(9)15-11(12)14-3/h4-6,11H,1-3H3. The lowest BCUT2D eigenvalue weighted by molar-refractivity contribution is -0.0779. The molecule has 0 aromatic heterocycles. The minimum atomic E-state index is -0.276. The summed E-state index contributed by atoms with van der Waals surface area (Å²) in [5.41, 5.74) is 1.48. The number of rotatable bonds is 1. The van der Waals surface area contributed by atoms with Gasteiger partial charge in [0.05, 0.1) is 17.0 Å². The third-order valence-electron chi connectivity index (χ3n) is 2.84. The van der Waals surface area contributed by atoms with Crippen LogP contribution in [0.4, 0.5) is 0 Å². The van der Waals surface area contributed by atoms with E-state index in [1.54, 1.807) is 13.2 Å². The van der Waals surface area contributed by atoms with E-state index in [2.05, 4.69) is 6.07 Å². The summed E-state index contributed by atoms with van der Waals surface area (Å²) in [6.07, 6.45) is -0.276. The van der Waals surface area contributed by atoms with Crippen LogP contribution < -0.4 is 4.74 Å². The van der Waals surface area contributed by atoms with Crippen LogP contribution in [0.3, 0.4) is 0 Å². The summed E-state index contributed by atoms with van der Waals surface area (Å²) >= 11 is 0. The highest BCUT2D eigenvalue weighted by Crippen LogP contribution is 2.43. The molecule has 1 heterocycles. The number of nitriles is 1. The number of ether oxygens (including phenoxy) is 2. The maximum absolute atomic E-state index is 8.84. The molecular weight excluding hydrogens is 190 g/mol. The van der Waals surface area contributed by atoms with E-state index in [1.807, 2.05) is 26.0 Å². The van der Waals surface area contributed by atoms with Crippen molar-refractivity contribution >= 4 is 0 Å². The van der Waals surface area contributed by atoms with Gasteiger partial charge in [-0.05, 0) is 32.0 Å². The topological polar surface area (TPSA) is 42.2 Å². The number of hydrogen-bond donors (Lipinski definition) is 0. The van der Waals surface area contributed by atoms with Gasteiger partial charge < -0.3 is 9.47 Å². The molecule has 0 saturated heterocycles. The SMILES string of the molecule is COC1Oc2ccc(C#N)cc2C1(C)C. The molecule has 1 aromatic rings. The van der Waals surface area contributed by atoms with Crippen LogP contribution in [-0.4, -0.2) is 13.4 Å². The highest BCUT2D eigenvalue weighted by Gasteiger charge is 2.41. The molecule has 3 heteroatoms. The van der Waals surface area contributed by atoms with Gasteiger partial charge in [0.15, 0.2) is 0 Å². The Hall–Kier alpha value is -1.53. The molecule has 3 nitrogen and oxygen atoms in total. The molecule has 1 aliphatic heterocycles. The predicted octanol–water partition coefficient (Wildman–Crippen LogP) is 2.20. The zero-order valence-corrected chi connectivity index (χ0v) is 9.07. The molecule has 1 unspecified atom stereocenters. The summed E-state index contributed by atoms with van der Waals surface area (Å²) in [5, 5.41) is 8.84. The van der Waals surface area contributed by atoms with Crippen molar-refractivity contribution in [1.29, 1.82) is 5.26 Å². The molecule has 1 atom stereocenters. The smallest absolute Gasteiger partial charge is 0.208 e. The quantitative estimate of drug-likeness (QED) is 0.702. The second-order valence-electron chi connectivity index (χ2n) is 4.23. The minimum Gasteiger partial charge on any atom is -0.464 e. The Kier molecular flexibility index (Phi) is 2.17. The molecule has 78 valence electrons. The van der Waals surface area contributed by atoms with Crippen molar-refractivity contribution in [2.75, 3.05) is 7.11 Å². The Bertz CT molecular complexity index is 432. The fourth-order valence-corrected chi connectivity index (χ4v) is 1.94. The Balaban J connectivity index is 2.52. The van der Waals surface area contributed by atoms with Gasteiger partial charge in [0.1, 0.15) is 5.75 Å². The largest absolute Gasteiger partial charge is 0.464 e. The lowest BCUT2D eigenvalue weighted by Gasteiger charge is -2.23. The molecule has 15 heavy (non-hydrogen) atoms. The average molecular weight is 203 g/mol. The van der Waals surface area contributed by atoms with Crippen LogP contribution in [0, 0.1) is 11.3 Å². The van der Waals surface area contributed by atoms with Gasteiger partial charge >= 0.3 is 0 Å². The average Bonchev–Trinajstić information content (AvgIpc) is 2.50. The summed E-state index contributed by atoms with van der Waals surface area (Å²) in [4.78, 5) is 0. The molecule has 0 bridgehead atoms. The van der Waals surface area contributed by atoms with Gasteiger partial charge in [0.25, 0.3) is 0 Å². The van der Waals surface area contributed by atoms with Crippen molar-refractivity contribution in [1.82, 2.24) is 0 Å². The first-order valence-electron chi connectivity index (χ1n) is 4.83. The zero-order valence-electron chi connectivity index (χ0n) is 9.07. The van der Waals surface area contributed by atoms with E-state index in [0.29, 0.717) is 5.56 Å². The molecule has 1 aliphatic rings. The Morgan fingerprint density at radius 2 is 2.20 bits per heavy atom. The fourth-order valence-electron chi connectivity index (χ4n) is 1.94. The number of benzene rings is 1. The first kappa shape index (κ1) is 10.0. The van der Waals surface area contributed by atoms with Crippen molar-refractivity contribution in [3.8, 4) is 11.8 Å².